The van der Waals surface area contributed by atoms with Crippen molar-refractivity contribution in [2.75, 3.05) is 4.72 Å². The molecule has 0 aliphatic carbocycles. The summed E-state index contributed by atoms with van der Waals surface area (Å²) in [6.07, 6.45) is 1.49. The lowest BCUT2D eigenvalue weighted by atomic mass is 10.2. The van der Waals surface area contributed by atoms with Crippen molar-refractivity contribution in [1.29, 1.82) is 0 Å². The van der Waals surface area contributed by atoms with E-state index in [2.05, 4.69) is 16.3 Å². The van der Waals surface area contributed by atoms with E-state index in [1.165, 1.54) is 34.9 Å². The molecule has 0 atom stereocenters. The Morgan fingerprint density at radius 2 is 1.79 bits per heavy atom. The molecule has 0 saturated heterocycles. The number of sulfonamides is 1. The third kappa shape index (κ3) is 4.80. The van der Waals surface area contributed by atoms with E-state index in [1.54, 1.807) is 0 Å². The van der Waals surface area contributed by atoms with Crippen LogP contribution in [0, 0.1) is 17.5 Å². The van der Waals surface area contributed by atoms with Gasteiger partial charge in [0.15, 0.2) is 10.6 Å². The van der Waals surface area contributed by atoms with Gasteiger partial charge in [0, 0.05) is 23.9 Å². The van der Waals surface area contributed by atoms with E-state index in [9.17, 15) is 26.4 Å². The summed E-state index contributed by atoms with van der Waals surface area (Å²) in [6, 6.07) is 11.8. The summed E-state index contributed by atoms with van der Waals surface area (Å²) in [5, 5.41) is 0. The third-order valence-corrected chi connectivity index (χ3v) is 7.11. The van der Waals surface area contributed by atoms with Crippen LogP contribution >= 0.6 is 11.3 Å². The highest BCUT2D eigenvalue weighted by atomic mass is 32.2. The van der Waals surface area contributed by atoms with Gasteiger partial charge in [-0.05, 0) is 48.5 Å². The molecule has 0 fully saturated rings. The minimum atomic E-state index is -4.02. The fourth-order valence-corrected chi connectivity index (χ4v) is 5.33. The van der Waals surface area contributed by atoms with Crippen LogP contribution in [0.3, 0.4) is 0 Å². The summed E-state index contributed by atoms with van der Waals surface area (Å²) in [6.45, 7) is 3.75. The smallest absolute Gasteiger partial charge is 0.279 e. The lowest BCUT2D eigenvalue weighted by Crippen LogP contribution is -2.17. The summed E-state index contributed by atoms with van der Waals surface area (Å²) >= 11 is 0.933. The van der Waals surface area contributed by atoms with E-state index >= 15 is 0 Å². The van der Waals surface area contributed by atoms with E-state index in [0.717, 1.165) is 47.7 Å². The highest BCUT2D eigenvalue weighted by molar-refractivity contribution is 7.92. The molecule has 0 aliphatic heterocycles. The maximum absolute atomic E-state index is 14.4. The number of aromatic nitrogens is 1. The monoisotopic (exact) mass is 503 g/mol. The van der Waals surface area contributed by atoms with Crippen molar-refractivity contribution in [2.45, 2.75) is 11.4 Å². The number of hydrogen-bond donors (Lipinski definition) is 1. The maximum Gasteiger partial charge on any atom is 0.279 e. The molecule has 0 unspecified atom stereocenters. The number of nitrogens with one attached hydrogen (secondary N) is 1. The van der Waals surface area contributed by atoms with Gasteiger partial charge in [-0.3, -0.25) is 9.52 Å². The molecule has 174 valence electrons. The summed E-state index contributed by atoms with van der Waals surface area (Å²) in [5.74, 6) is -2.84. The number of carbonyl (C=O) groups is 1. The van der Waals surface area contributed by atoms with E-state index in [1.807, 2.05) is 0 Å². The second-order valence-corrected chi connectivity index (χ2v) is 9.77. The number of hydrogen-bond acceptors (Lipinski definition) is 4. The Bertz CT molecular complexity index is 1590. The first-order valence-corrected chi connectivity index (χ1v) is 12.0. The number of fused-ring (bicyclic) bond motifs is 1. The Labute approximate surface area is 196 Å². The van der Waals surface area contributed by atoms with Gasteiger partial charge in [-0.15, -0.1) is 6.58 Å². The van der Waals surface area contributed by atoms with Gasteiger partial charge in [-0.2, -0.15) is 4.99 Å². The first-order chi connectivity index (χ1) is 16.2. The van der Waals surface area contributed by atoms with Crippen LogP contribution in [-0.4, -0.2) is 18.9 Å². The van der Waals surface area contributed by atoms with E-state index in [4.69, 9.17) is 0 Å². The number of nitrogens with zero attached hydrogens (tertiary/aromatic N) is 2. The molecule has 3 aromatic carbocycles. The zero-order chi connectivity index (χ0) is 24.5. The van der Waals surface area contributed by atoms with Crippen LogP contribution in [0.1, 0.15) is 10.4 Å². The molecule has 4 rings (SSSR count). The summed E-state index contributed by atoms with van der Waals surface area (Å²) in [7, 11) is -4.02. The van der Waals surface area contributed by atoms with Crippen LogP contribution < -0.4 is 9.52 Å². The van der Waals surface area contributed by atoms with Gasteiger partial charge >= 0.3 is 0 Å². The minimum absolute atomic E-state index is 0.0635. The van der Waals surface area contributed by atoms with E-state index < -0.39 is 33.4 Å². The lowest BCUT2D eigenvalue weighted by molar-refractivity contribution is 0.0998. The fourth-order valence-electron chi connectivity index (χ4n) is 3.21. The second-order valence-electron chi connectivity index (χ2n) is 7.08. The van der Waals surface area contributed by atoms with Crippen LogP contribution in [0.4, 0.5) is 18.9 Å². The minimum Gasteiger partial charge on any atom is -0.310 e. The summed E-state index contributed by atoms with van der Waals surface area (Å²) < 4.78 is 70.2. The van der Waals surface area contributed by atoms with Crippen molar-refractivity contribution >= 4 is 43.2 Å². The molecule has 0 saturated carbocycles. The molecule has 1 amide bonds. The van der Waals surface area contributed by atoms with Gasteiger partial charge in [0.1, 0.15) is 11.6 Å². The standard InChI is InChI=1S/C23H16F3N3O3S2/c1-2-10-29-21-19(26)12-16(25)13-20(21)33-23(29)27-22(30)14-4-3-5-17(11-14)28-34(31,32)18-8-6-15(24)7-9-18/h2-9,11-13,28H,1,10H2. The molecule has 34 heavy (non-hydrogen) atoms. The summed E-state index contributed by atoms with van der Waals surface area (Å²) in [4.78, 5) is 16.9. The normalized spacial score (nSPS) is 12.1. The van der Waals surface area contributed by atoms with E-state index in [-0.39, 0.29) is 37.7 Å². The molecule has 0 aliphatic rings. The Kier molecular flexibility index (Phi) is 6.40. The zero-order valence-corrected chi connectivity index (χ0v) is 19.0. The largest absolute Gasteiger partial charge is 0.310 e. The van der Waals surface area contributed by atoms with Crippen LogP contribution in [0.25, 0.3) is 10.2 Å². The Balaban J connectivity index is 1.70. The Morgan fingerprint density at radius 3 is 2.50 bits per heavy atom. The van der Waals surface area contributed by atoms with Crippen molar-refractivity contribution < 1.29 is 26.4 Å². The van der Waals surface area contributed by atoms with Gasteiger partial charge in [-0.25, -0.2) is 21.6 Å². The molecule has 0 bridgehead atoms. The molecule has 1 N–H and O–H groups in total. The number of anilines is 1. The van der Waals surface area contributed by atoms with Gasteiger partial charge in [-0.1, -0.05) is 23.5 Å². The van der Waals surface area contributed by atoms with Crippen LogP contribution in [0.5, 0.6) is 0 Å². The predicted octanol–water partition coefficient (Wildman–Crippen LogP) is 4.85. The third-order valence-electron chi connectivity index (χ3n) is 4.69. The first kappa shape index (κ1) is 23.5. The predicted molar refractivity (Wildman–Crippen MR) is 123 cm³/mol. The van der Waals surface area contributed by atoms with Crippen molar-refractivity contribution in [3.8, 4) is 0 Å². The van der Waals surface area contributed by atoms with Crippen LogP contribution in [-0.2, 0) is 16.6 Å². The van der Waals surface area contributed by atoms with Crippen LogP contribution in [0.2, 0.25) is 0 Å². The van der Waals surface area contributed by atoms with Gasteiger partial charge in [0.25, 0.3) is 15.9 Å². The molecular formula is C23H16F3N3O3S2. The molecular weight excluding hydrogens is 487 g/mol. The van der Waals surface area contributed by atoms with Crippen molar-refractivity contribution in [1.82, 2.24) is 4.57 Å². The quantitative estimate of drug-likeness (QED) is 0.382. The first-order valence-electron chi connectivity index (χ1n) is 9.75. The van der Waals surface area contributed by atoms with Crippen molar-refractivity contribution in [3.05, 3.63) is 101 Å². The average Bonchev–Trinajstić information content (AvgIpc) is 3.11. The maximum atomic E-state index is 14.4. The Morgan fingerprint density at radius 1 is 1.06 bits per heavy atom. The number of allylic oxidation sites excluding steroid dienone is 1. The SMILES string of the molecule is C=CCn1c(=NC(=O)c2cccc(NS(=O)(=O)c3ccc(F)cc3)c2)sc2cc(F)cc(F)c21. The topological polar surface area (TPSA) is 80.5 Å². The second kappa shape index (κ2) is 9.27. The number of thiazole rings is 1. The highest BCUT2D eigenvalue weighted by Gasteiger charge is 2.16. The average molecular weight is 504 g/mol. The number of carbonyl (C=O) groups excluding carboxylic acids is 1. The molecule has 1 aromatic heterocycles. The number of rotatable bonds is 6. The van der Waals surface area contributed by atoms with Gasteiger partial charge in [0.2, 0.25) is 0 Å². The van der Waals surface area contributed by atoms with Crippen molar-refractivity contribution in [3.63, 3.8) is 0 Å². The molecule has 0 spiro atoms. The lowest BCUT2D eigenvalue weighted by Gasteiger charge is -2.09. The van der Waals surface area contributed by atoms with Gasteiger partial charge < -0.3 is 4.57 Å². The van der Waals surface area contributed by atoms with Gasteiger partial charge in [0.05, 0.1) is 15.1 Å². The Hall–Kier alpha value is -3.70. The number of amides is 1. The zero-order valence-electron chi connectivity index (χ0n) is 17.3. The summed E-state index contributed by atoms with van der Waals surface area (Å²) in [5.41, 5.74) is 0.251. The number of benzene rings is 3. The van der Waals surface area contributed by atoms with Crippen molar-refractivity contribution in [2.24, 2.45) is 4.99 Å². The fraction of sp³-hybridized carbons (Fsp3) is 0.0435. The molecule has 4 aromatic rings. The molecule has 0 radical (unpaired) electrons. The molecule has 1 heterocycles. The highest BCUT2D eigenvalue weighted by Crippen LogP contribution is 2.23. The number of halogens is 3. The molecule has 6 nitrogen and oxygen atoms in total. The molecule has 11 heteroatoms. The van der Waals surface area contributed by atoms with Crippen LogP contribution in [0.15, 0.2) is 83.2 Å². The van der Waals surface area contributed by atoms with E-state index in [0.29, 0.717) is 0 Å².